The van der Waals surface area contributed by atoms with Crippen molar-refractivity contribution in [2.75, 3.05) is 11.9 Å². The zero-order chi connectivity index (χ0) is 17.0. The van der Waals surface area contributed by atoms with Crippen molar-refractivity contribution in [3.05, 3.63) is 63.7 Å². The minimum Gasteiger partial charge on any atom is -0.462 e. The molecule has 0 aliphatic rings. The fourth-order valence-corrected chi connectivity index (χ4v) is 1.91. The van der Waals surface area contributed by atoms with E-state index in [0.29, 0.717) is 6.07 Å². The van der Waals surface area contributed by atoms with E-state index in [1.807, 2.05) is 0 Å². The quantitative estimate of drug-likeness (QED) is 0.514. The smallest absolute Gasteiger partial charge is 0.338 e. The van der Waals surface area contributed by atoms with Crippen molar-refractivity contribution in [1.82, 2.24) is 0 Å². The second kappa shape index (κ2) is 6.82. The summed E-state index contributed by atoms with van der Waals surface area (Å²) < 4.78 is 31.2. The topological polar surface area (TPSA) is 81.5 Å². The van der Waals surface area contributed by atoms with Crippen molar-refractivity contribution in [1.29, 1.82) is 0 Å². The van der Waals surface area contributed by atoms with Gasteiger partial charge in [0.1, 0.15) is 11.6 Å². The SMILES string of the molecule is CCOC(=O)c1cc(Nc2cc(F)cc(F)c2)cc([N+](=O)[O-])c1. The van der Waals surface area contributed by atoms with Crippen molar-refractivity contribution in [3.8, 4) is 0 Å². The van der Waals surface area contributed by atoms with Crippen LogP contribution < -0.4 is 5.32 Å². The number of anilines is 2. The van der Waals surface area contributed by atoms with Gasteiger partial charge in [0.25, 0.3) is 5.69 Å². The maximum atomic E-state index is 13.2. The van der Waals surface area contributed by atoms with E-state index in [-0.39, 0.29) is 29.2 Å². The van der Waals surface area contributed by atoms with Crippen LogP contribution in [0.25, 0.3) is 0 Å². The molecule has 0 heterocycles. The molecule has 0 aliphatic heterocycles. The van der Waals surface area contributed by atoms with Crippen molar-refractivity contribution < 1.29 is 23.2 Å². The number of nitrogens with one attached hydrogen (secondary N) is 1. The molecule has 0 atom stereocenters. The van der Waals surface area contributed by atoms with E-state index in [1.54, 1.807) is 6.92 Å². The minimum atomic E-state index is -0.802. The molecule has 2 rings (SSSR count). The van der Waals surface area contributed by atoms with Crippen molar-refractivity contribution in [3.63, 3.8) is 0 Å². The molecule has 8 heteroatoms. The van der Waals surface area contributed by atoms with E-state index >= 15 is 0 Å². The van der Waals surface area contributed by atoms with Gasteiger partial charge in [-0.25, -0.2) is 13.6 Å². The van der Waals surface area contributed by atoms with Crippen LogP contribution in [-0.2, 0) is 4.74 Å². The summed E-state index contributed by atoms with van der Waals surface area (Å²) in [6, 6.07) is 6.25. The third kappa shape index (κ3) is 4.22. The van der Waals surface area contributed by atoms with Gasteiger partial charge in [-0.05, 0) is 25.1 Å². The zero-order valence-electron chi connectivity index (χ0n) is 12.0. The molecule has 0 bridgehead atoms. The van der Waals surface area contributed by atoms with E-state index in [1.165, 1.54) is 6.07 Å². The zero-order valence-corrected chi connectivity index (χ0v) is 12.0. The Balaban J connectivity index is 2.40. The minimum absolute atomic E-state index is 0.0413. The summed E-state index contributed by atoms with van der Waals surface area (Å²) in [5, 5.41) is 13.6. The van der Waals surface area contributed by atoms with E-state index in [2.05, 4.69) is 5.32 Å². The van der Waals surface area contributed by atoms with Crippen LogP contribution in [0.4, 0.5) is 25.8 Å². The summed E-state index contributed by atoms with van der Waals surface area (Å²) >= 11 is 0. The van der Waals surface area contributed by atoms with Crippen molar-refractivity contribution in [2.45, 2.75) is 6.92 Å². The van der Waals surface area contributed by atoms with Gasteiger partial charge in [-0.2, -0.15) is 0 Å². The Kier molecular flexibility index (Phi) is 4.85. The molecule has 0 aromatic heterocycles. The number of benzene rings is 2. The highest BCUT2D eigenvalue weighted by atomic mass is 19.1. The number of carbonyl (C=O) groups is 1. The van der Waals surface area contributed by atoms with Gasteiger partial charge in [0.05, 0.1) is 17.1 Å². The molecule has 23 heavy (non-hydrogen) atoms. The lowest BCUT2D eigenvalue weighted by Crippen LogP contribution is -2.06. The van der Waals surface area contributed by atoms with Crippen LogP contribution in [0.3, 0.4) is 0 Å². The first-order chi connectivity index (χ1) is 10.9. The molecule has 120 valence electrons. The summed E-state index contributed by atoms with van der Waals surface area (Å²) in [4.78, 5) is 22.0. The lowest BCUT2D eigenvalue weighted by atomic mass is 10.1. The first-order valence-corrected chi connectivity index (χ1v) is 6.58. The van der Waals surface area contributed by atoms with Gasteiger partial charge in [0.15, 0.2) is 0 Å². The standard InChI is InChI=1S/C15H12F2N2O4/c1-2-23-15(20)9-3-12(8-14(4-9)19(21)22)18-13-6-10(16)5-11(17)7-13/h3-8,18H,2H2,1H3. The predicted octanol–water partition coefficient (Wildman–Crippen LogP) is 3.79. The number of carbonyl (C=O) groups excluding carboxylic acids is 1. The summed E-state index contributed by atoms with van der Waals surface area (Å²) in [6.45, 7) is 1.71. The average molecular weight is 322 g/mol. The van der Waals surface area contributed by atoms with Gasteiger partial charge in [-0.15, -0.1) is 0 Å². The maximum absolute atomic E-state index is 13.2. The molecule has 1 N–H and O–H groups in total. The fraction of sp³-hybridized carbons (Fsp3) is 0.133. The number of rotatable bonds is 5. The number of nitro groups is 1. The second-order valence-corrected chi connectivity index (χ2v) is 4.53. The highest BCUT2D eigenvalue weighted by Gasteiger charge is 2.15. The first-order valence-electron chi connectivity index (χ1n) is 6.58. The lowest BCUT2D eigenvalue weighted by Gasteiger charge is -2.09. The van der Waals surface area contributed by atoms with E-state index < -0.39 is 22.5 Å². The summed E-state index contributed by atoms with van der Waals surface area (Å²) in [7, 11) is 0. The number of ether oxygens (including phenoxy) is 1. The van der Waals surface area contributed by atoms with E-state index in [0.717, 1.165) is 24.3 Å². The number of nitrogens with zero attached hydrogens (tertiary/aromatic N) is 1. The van der Waals surface area contributed by atoms with Crippen LogP contribution in [0.5, 0.6) is 0 Å². The van der Waals surface area contributed by atoms with Gasteiger partial charge in [-0.1, -0.05) is 0 Å². The van der Waals surface area contributed by atoms with Crippen LogP contribution in [0.2, 0.25) is 0 Å². The van der Waals surface area contributed by atoms with Crippen molar-refractivity contribution >= 4 is 23.0 Å². The number of non-ortho nitro benzene ring substituents is 1. The molecule has 0 saturated heterocycles. The van der Waals surface area contributed by atoms with Crippen molar-refractivity contribution in [2.24, 2.45) is 0 Å². The Labute approximate surface area is 129 Å². The Bertz CT molecular complexity index is 745. The number of nitro benzene ring substituents is 1. The molecule has 0 saturated carbocycles. The molecule has 0 aliphatic carbocycles. The van der Waals surface area contributed by atoms with Crippen LogP contribution in [0.1, 0.15) is 17.3 Å². The molecular formula is C15H12F2N2O4. The average Bonchev–Trinajstić information content (AvgIpc) is 2.46. The first kappa shape index (κ1) is 16.3. The maximum Gasteiger partial charge on any atom is 0.338 e. The molecule has 2 aromatic carbocycles. The largest absolute Gasteiger partial charge is 0.462 e. The highest BCUT2D eigenvalue weighted by molar-refractivity contribution is 5.91. The third-order valence-electron chi connectivity index (χ3n) is 2.79. The third-order valence-corrected chi connectivity index (χ3v) is 2.79. The molecule has 0 amide bonds. The summed E-state index contributed by atoms with van der Waals surface area (Å²) in [5.41, 5.74) is -0.208. The Morgan fingerprint density at radius 3 is 2.30 bits per heavy atom. The lowest BCUT2D eigenvalue weighted by molar-refractivity contribution is -0.384. The Morgan fingerprint density at radius 2 is 1.74 bits per heavy atom. The van der Waals surface area contributed by atoms with Gasteiger partial charge in [0, 0.05) is 29.6 Å². The molecule has 0 unspecified atom stereocenters. The molecular weight excluding hydrogens is 310 g/mol. The van der Waals surface area contributed by atoms with E-state index in [9.17, 15) is 23.7 Å². The number of halogens is 2. The van der Waals surface area contributed by atoms with Crippen LogP contribution in [0, 0.1) is 21.7 Å². The van der Waals surface area contributed by atoms with Gasteiger partial charge < -0.3 is 10.1 Å². The van der Waals surface area contributed by atoms with Crippen LogP contribution in [0.15, 0.2) is 36.4 Å². The predicted molar refractivity (Wildman–Crippen MR) is 78.7 cm³/mol. The fourth-order valence-electron chi connectivity index (χ4n) is 1.91. The van der Waals surface area contributed by atoms with Gasteiger partial charge in [-0.3, -0.25) is 10.1 Å². The molecule has 6 nitrogen and oxygen atoms in total. The molecule has 0 radical (unpaired) electrons. The Morgan fingerprint density at radius 1 is 1.13 bits per heavy atom. The van der Waals surface area contributed by atoms with E-state index in [4.69, 9.17) is 4.74 Å². The molecule has 0 fully saturated rings. The number of hydrogen-bond acceptors (Lipinski definition) is 5. The second-order valence-electron chi connectivity index (χ2n) is 4.53. The Hall–Kier alpha value is -3.03. The van der Waals surface area contributed by atoms with Gasteiger partial charge >= 0.3 is 5.97 Å². The number of hydrogen-bond donors (Lipinski definition) is 1. The molecule has 0 spiro atoms. The summed E-state index contributed by atoms with van der Waals surface area (Å²) in [6.07, 6.45) is 0. The highest BCUT2D eigenvalue weighted by Crippen LogP contribution is 2.25. The normalized spacial score (nSPS) is 10.2. The monoisotopic (exact) mass is 322 g/mol. The van der Waals surface area contributed by atoms with Crippen LogP contribution >= 0.6 is 0 Å². The van der Waals surface area contributed by atoms with Crippen LogP contribution in [-0.4, -0.2) is 17.5 Å². The molecule has 2 aromatic rings. The van der Waals surface area contributed by atoms with Gasteiger partial charge in [0.2, 0.25) is 0 Å². The number of esters is 1. The summed E-state index contributed by atoms with van der Waals surface area (Å²) in [5.74, 6) is -2.34.